The fourth-order valence-corrected chi connectivity index (χ4v) is 1.68. The predicted molar refractivity (Wildman–Crippen MR) is 58.0 cm³/mol. The summed E-state index contributed by atoms with van der Waals surface area (Å²) in [6, 6.07) is 4.64. The molecule has 0 saturated carbocycles. The van der Waals surface area contributed by atoms with Gasteiger partial charge in [0.1, 0.15) is 18.1 Å². The van der Waals surface area contributed by atoms with E-state index < -0.39 is 0 Å². The van der Waals surface area contributed by atoms with E-state index in [2.05, 4.69) is 0 Å². The van der Waals surface area contributed by atoms with E-state index in [0.717, 1.165) is 19.4 Å². The molecule has 0 aromatic heterocycles. The highest BCUT2D eigenvalue weighted by atomic mass is 16.5. The highest BCUT2D eigenvalue weighted by molar-refractivity contribution is 5.79. The van der Waals surface area contributed by atoms with Gasteiger partial charge in [-0.15, -0.1) is 0 Å². The fraction of sp³-hybridized carbons (Fsp3) is 0.417. The second-order valence-electron chi connectivity index (χ2n) is 3.78. The largest absolute Gasteiger partial charge is 0.507 e. The molecule has 1 fully saturated rings. The van der Waals surface area contributed by atoms with Crippen LogP contribution in [0.3, 0.4) is 0 Å². The van der Waals surface area contributed by atoms with E-state index in [1.54, 1.807) is 6.07 Å². The van der Waals surface area contributed by atoms with E-state index >= 15 is 0 Å². The summed E-state index contributed by atoms with van der Waals surface area (Å²) in [6.07, 6.45) is 2.84. The fourth-order valence-electron chi connectivity index (χ4n) is 1.68. The maximum Gasteiger partial charge on any atom is 0.153 e. The SMILES string of the molecule is O=Cc1ccc(OCC2CCCO2)cc1O. The van der Waals surface area contributed by atoms with Crippen molar-refractivity contribution in [3.63, 3.8) is 0 Å². The first-order valence-electron chi connectivity index (χ1n) is 5.32. The van der Waals surface area contributed by atoms with Crippen LogP contribution in [0.15, 0.2) is 18.2 Å². The first-order chi connectivity index (χ1) is 7.79. The lowest BCUT2D eigenvalue weighted by Gasteiger charge is -2.11. The molecule has 86 valence electrons. The third-order valence-electron chi connectivity index (χ3n) is 2.59. The summed E-state index contributed by atoms with van der Waals surface area (Å²) >= 11 is 0. The zero-order valence-electron chi connectivity index (χ0n) is 8.89. The highest BCUT2D eigenvalue weighted by Crippen LogP contribution is 2.23. The van der Waals surface area contributed by atoms with Crippen molar-refractivity contribution in [1.82, 2.24) is 0 Å². The normalized spacial score (nSPS) is 19.6. The van der Waals surface area contributed by atoms with E-state index in [-0.39, 0.29) is 17.4 Å². The number of hydrogen-bond acceptors (Lipinski definition) is 4. The van der Waals surface area contributed by atoms with Gasteiger partial charge in [0.2, 0.25) is 0 Å². The zero-order chi connectivity index (χ0) is 11.4. The number of ether oxygens (including phenoxy) is 2. The van der Waals surface area contributed by atoms with E-state index in [1.807, 2.05) is 0 Å². The van der Waals surface area contributed by atoms with Crippen molar-refractivity contribution in [2.45, 2.75) is 18.9 Å². The molecule has 1 atom stereocenters. The summed E-state index contributed by atoms with van der Waals surface area (Å²) in [5, 5.41) is 9.44. The number of hydrogen-bond donors (Lipinski definition) is 1. The summed E-state index contributed by atoms with van der Waals surface area (Å²) < 4.78 is 10.9. The molecule has 0 aliphatic carbocycles. The van der Waals surface area contributed by atoms with Crippen LogP contribution in [0.1, 0.15) is 23.2 Å². The number of carbonyl (C=O) groups excluding carboxylic acids is 1. The van der Waals surface area contributed by atoms with Crippen molar-refractivity contribution in [2.24, 2.45) is 0 Å². The summed E-state index contributed by atoms with van der Waals surface area (Å²) in [6.45, 7) is 1.28. The highest BCUT2D eigenvalue weighted by Gasteiger charge is 2.16. The molecule has 1 aromatic rings. The van der Waals surface area contributed by atoms with Gasteiger partial charge in [0.05, 0.1) is 11.7 Å². The number of phenols is 1. The first-order valence-corrected chi connectivity index (χ1v) is 5.32. The average Bonchev–Trinajstić information content (AvgIpc) is 2.79. The van der Waals surface area contributed by atoms with Gasteiger partial charge in [0, 0.05) is 12.7 Å². The predicted octanol–water partition coefficient (Wildman–Crippen LogP) is 1.76. The van der Waals surface area contributed by atoms with Gasteiger partial charge in [-0.25, -0.2) is 0 Å². The van der Waals surface area contributed by atoms with Gasteiger partial charge in [0.25, 0.3) is 0 Å². The summed E-state index contributed by atoms with van der Waals surface area (Å²) in [5.41, 5.74) is 0.268. The van der Waals surface area contributed by atoms with Crippen molar-refractivity contribution >= 4 is 6.29 Å². The number of benzene rings is 1. The Hall–Kier alpha value is -1.55. The van der Waals surface area contributed by atoms with Gasteiger partial charge in [-0.3, -0.25) is 4.79 Å². The van der Waals surface area contributed by atoms with Gasteiger partial charge in [0.15, 0.2) is 6.29 Å². The van der Waals surface area contributed by atoms with Crippen LogP contribution < -0.4 is 4.74 Å². The topological polar surface area (TPSA) is 55.8 Å². The molecule has 2 rings (SSSR count). The lowest BCUT2D eigenvalue weighted by Crippen LogP contribution is -2.16. The molecular weight excluding hydrogens is 208 g/mol. The number of aldehydes is 1. The van der Waals surface area contributed by atoms with Crippen molar-refractivity contribution in [3.05, 3.63) is 23.8 Å². The Morgan fingerprint density at radius 1 is 1.56 bits per heavy atom. The van der Waals surface area contributed by atoms with Gasteiger partial charge in [-0.1, -0.05) is 0 Å². The molecule has 0 radical (unpaired) electrons. The number of aromatic hydroxyl groups is 1. The molecule has 1 unspecified atom stereocenters. The van der Waals surface area contributed by atoms with Crippen molar-refractivity contribution in [1.29, 1.82) is 0 Å². The number of rotatable bonds is 4. The Morgan fingerprint density at radius 2 is 2.44 bits per heavy atom. The molecule has 1 saturated heterocycles. The quantitative estimate of drug-likeness (QED) is 0.789. The Morgan fingerprint density at radius 3 is 3.06 bits per heavy atom. The molecule has 0 amide bonds. The third kappa shape index (κ3) is 2.52. The van der Waals surface area contributed by atoms with Crippen molar-refractivity contribution in [2.75, 3.05) is 13.2 Å². The van der Waals surface area contributed by atoms with E-state index in [4.69, 9.17) is 9.47 Å². The molecule has 1 heterocycles. The molecule has 4 nitrogen and oxygen atoms in total. The standard InChI is InChI=1S/C12H14O4/c13-7-9-3-4-10(6-12(9)14)16-8-11-2-1-5-15-11/h3-4,6-7,11,14H,1-2,5,8H2. The molecule has 0 spiro atoms. The summed E-state index contributed by atoms with van der Waals surface area (Å²) in [4.78, 5) is 10.5. The Balaban J connectivity index is 1.93. The molecule has 1 N–H and O–H groups in total. The smallest absolute Gasteiger partial charge is 0.153 e. The van der Waals surface area contributed by atoms with E-state index in [0.29, 0.717) is 18.6 Å². The Labute approximate surface area is 93.8 Å². The lowest BCUT2D eigenvalue weighted by molar-refractivity contribution is 0.0678. The van der Waals surface area contributed by atoms with Gasteiger partial charge in [-0.2, -0.15) is 0 Å². The molecular formula is C12H14O4. The van der Waals surface area contributed by atoms with E-state index in [9.17, 15) is 9.90 Å². The van der Waals surface area contributed by atoms with Gasteiger partial charge < -0.3 is 14.6 Å². The number of carbonyl (C=O) groups is 1. The van der Waals surface area contributed by atoms with E-state index in [1.165, 1.54) is 12.1 Å². The summed E-state index contributed by atoms with van der Waals surface area (Å²) in [7, 11) is 0. The summed E-state index contributed by atoms with van der Waals surface area (Å²) in [5.74, 6) is 0.499. The lowest BCUT2D eigenvalue weighted by atomic mass is 10.2. The van der Waals surface area contributed by atoms with Crippen LogP contribution in [0.2, 0.25) is 0 Å². The first kappa shape index (κ1) is 11.0. The number of phenolic OH excluding ortho intramolecular Hbond substituents is 1. The van der Waals surface area contributed by atoms with Crippen LogP contribution in [0.25, 0.3) is 0 Å². The van der Waals surface area contributed by atoms with Crippen molar-refractivity contribution < 1.29 is 19.4 Å². The second kappa shape index (κ2) is 4.99. The Kier molecular flexibility index (Phi) is 3.41. The third-order valence-corrected chi connectivity index (χ3v) is 2.59. The minimum Gasteiger partial charge on any atom is -0.507 e. The molecule has 0 bridgehead atoms. The molecule has 16 heavy (non-hydrogen) atoms. The Bertz CT molecular complexity index is 369. The van der Waals surface area contributed by atoms with Crippen LogP contribution in [0.5, 0.6) is 11.5 Å². The van der Waals surface area contributed by atoms with Crippen LogP contribution in [-0.4, -0.2) is 30.7 Å². The molecule has 4 heteroatoms. The van der Waals surface area contributed by atoms with Crippen LogP contribution >= 0.6 is 0 Å². The van der Waals surface area contributed by atoms with Crippen molar-refractivity contribution in [3.8, 4) is 11.5 Å². The van der Waals surface area contributed by atoms with Gasteiger partial charge >= 0.3 is 0 Å². The van der Waals surface area contributed by atoms with Crippen LogP contribution in [0, 0.1) is 0 Å². The minimum absolute atomic E-state index is 0.0557. The monoisotopic (exact) mass is 222 g/mol. The molecule has 1 aliphatic rings. The van der Waals surface area contributed by atoms with Gasteiger partial charge in [-0.05, 0) is 25.0 Å². The average molecular weight is 222 g/mol. The maximum absolute atomic E-state index is 10.5. The van der Waals surface area contributed by atoms with Crippen LogP contribution in [0.4, 0.5) is 0 Å². The molecule has 1 aliphatic heterocycles. The second-order valence-corrected chi connectivity index (χ2v) is 3.78. The van der Waals surface area contributed by atoms with Crippen LogP contribution in [-0.2, 0) is 4.74 Å². The molecule has 1 aromatic carbocycles. The zero-order valence-corrected chi connectivity index (χ0v) is 8.89. The minimum atomic E-state index is -0.0557. The maximum atomic E-state index is 10.5.